The van der Waals surface area contributed by atoms with Crippen molar-refractivity contribution in [2.24, 2.45) is 0 Å². The molecule has 1 heterocycles. The molecule has 33 heavy (non-hydrogen) atoms. The minimum absolute atomic E-state index is 0.111. The molecule has 0 aliphatic heterocycles. The molecule has 4 rings (SSSR count). The van der Waals surface area contributed by atoms with E-state index in [4.69, 9.17) is 37.7 Å². The quantitative estimate of drug-likeness (QED) is 0.334. The highest BCUT2D eigenvalue weighted by Crippen LogP contribution is 2.30. The first-order chi connectivity index (χ1) is 16.0. The van der Waals surface area contributed by atoms with E-state index >= 15 is 0 Å². The third kappa shape index (κ3) is 5.24. The molecule has 4 aromatic rings. The van der Waals surface area contributed by atoms with Gasteiger partial charge in [0.2, 0.25) is 5.91 Å². The van der Waals surface area contributed by atoms with Gasteiger partial charge in [0.05, 0.1) is 35.3 Å². The minimum Gasteiger partial charge on any atom is -0.493 e. The second kappa shape index (κ2) is 10.1. The summed E-state index contributed by atoms with van der Waals surface area (Å²) >= 11 is 12.2. The lowest BCUT2D eigenvalue weighted by Crippen LogP contribution is -2.16. The van der Waals surface area contributed by atoms with E-state index in [1.165, 1.54) is 0 Å². The summed E-state index contributed by atoms with van der Waals surface area (Å²) in [6, 6.07) is 18.7. The van der Waals surface area contributed by atoms with Crippen molar-refractivity contribution in [3.05, 3.63) is 82.1 Å². The van der Waals surface area contributed by atoms with E-state index in [0.717, 1.165) is 22.4 Å². The van der Waals surface area contributed by atoms with Crippen LogP contribution in [0.25, 0.3) is 11.0 Å². The fraction of sp³-hybridized carbons (Fsp3) is 0.200. The summed E-state index contributed by atoms with van der Waals surface area (Å²) in [4.78, 5) is 17.5. The molecular weight excluding hydrogens is 461 g/mol. The number of amides is 1. The topological polar surface area (TPSA) is 65.4 Å². The Morgan fingerprint density at radius 1 is 0.970 bits per heavy atom. The van der Waals surface area contributed by atoms with Crippen molar-refractivity contribution in [2.75, 3.05) is 19.5 Å². The normalized spacial score (nSPS) is 10.9. The molecule has 0 aliphatic rings. The third-order valence-electron chi connectivity index (χ3n) is 5.31. The van der Waals surface area contributed by atoms with E-state index in [1.807, 2.05) is 36.4 Å². The Morgan fingerprint density at radius 2 is 1.76 bits per heavy atom. The Kier molecular flexibility index (Phi) is 7.06. The Morgan fingerprint density at radius 3 is 2.52 bits per heavy atom. The number of benzene rings is 3. The molecule has 1 amide bonds. The van der Waals surface area contributed by atoms with Gasteiger partial charge in [0.15, 0.2) is 11.5 Å². The highest BCUT2D eigenvalue weighted by atomic mass is 35.5. The number of fused-ring (bicyclic) bond motifs is 1. The molecule has 0 radical (unpaired) electrons. The van der Waals surface area contributed by atoms with Crippen LogP contribution < -0.4 is 14.8 Å². The van der Waals surface area contributed by atoms with E-state index in [0.29, 0.717) is 40.2 Å². The van der Waals surface area contributed by atoms with Crippen molar-refractivity contribution in [1.29, 1.82) is 0 Å². The predicted molar refractivity (Wildman–Crippen MR) is 132 cm³/mol. The van der Waals surface area contributed by atoms with Gasteiger partial charge in [0.25, 0.3) is 0 Å². The molecule has 170 valence electrons. The molecule has 0 spiro atoms. The predicted octanol–water partition coefficient (Wildman–Crippen LogP) is 5.98. The number of anilines is 1. The summed E-state index contributed by atoms with van der Waals surface area (Å²) in [5, 5.41) is 3.94. The largest absolute Gasteiger partial charge is 0.493 e. The van der Waals surface area contributed by atoms with Crippen LogP contribution in [0.15, 0.2) is 60.7 Å². The number of aromatic nitrogens is 2. The van der Waals surface area contributed by atoms with Crippen LogP contribution in [-0.2, 0) is 17.8 Å². The average Bonchev–Trinajstić information content (AvgIpc) is 3.16. The number of nitrogens with zero attached hydrogens (tertiary/aromatic N) is 2. The molecule has 1 N–H and O–H groups in total. The first-order valence-corrected chi connectivity index (χ1v) is 11.1. The van der Waals surface area contributed by atoms with Crippen molar-refractivity contribution in [3.63, 3.8) is 0 Å². The Labute approximate surface area is 202 Å². The maximum Gasteiger partial charge on any atom is 0.226 e. The van der Waals surface area contributed by atoms with E-state index in [2.05, 4.69) is 9.88 Å². The first kappa shape index (κ1) is 23.0. The summed E-state index contributed by atoms with van der Waals surface area (Å²) in [5.41, 5.74) is 3.50. The number of methoxy groups -OCH3 is 2. The van der Waals surface area contributed by atoms with Crippen LogP contribution in [0.3, 0.4) is 0 Å². The Hall–Kier alpha value is -3.22. The number of hydrogen-bond acceptors (Lipinski definition) is 4. The molecule has 0 aliphatic carbocycles. The number of carbonyl (C=O) groups is 1. The molecular formula is C25H23Cl2N3O3. The Bertz CT molecular complexity index is 1300. The van der Waals surface area contributed by atoms with Crippen LogP contribution in [0.2, 0.25) is 10.0 Å². The number of rotatable bonds is 8. The van der Waals surface area contributed by atoms with E-state index < -0.39 is 0 Å². The molecule has 6 nitrogen and oxygen atoms in total. The van der Waals surface area contributed by atoms with Crippen LogP contribution in [0, 0.1) is 0 Å². The smallest absolute Gasteiger partial charge is 0.226 e. The molecule has 0 saturated carbocycles. The van der Waals surface area contributed by atoms with Crippen molar-refractivity contribution in [2.45, 2.75) is 19.4 Å². The van der Waals surface area contributed by atoms with Crippen molar-refractivity contribution >= 4 is 45.8 Å². The Balaban J connectivity index is 1.52. The second-order valence-corrected chi connectivity index (χ2v) is 8.28. The fourth-order valence-electron chi connectivity index (χ4n) is 3.69. The molecule has 8 heteroatoms. The summed E-state index contributed by atoms with van der Waals surface area (Å²) in [6.45, 7) is 0.482. The lowest BCUT2D eigenvalue weighted by atomic mass is 10.1. The zero-order valence-corrected chi connectivity index (χ0v) is 19.8. The highest BCUT2D eigenvalue weighted by molar-refractivity contribution is 6.42. The van der Waals surface area contributed by atoms with Gasteiger partial charge in [-0.3, -0.25) is 4.79 Å². The molecule has 0 atom stereocenters. The monoisotopic (exact) mass is 483 g/mol. The number of ether oxygens (including phenoxy) is 2. The van der Waals surface area contributed by atoms with Crippen molar-refractivity contribution in [3.8, 4) is 11.5 Å². The van der Waals surface area contributed by atoms with E-state index in [-0.39, 0.29) is 12.3 Å². The van der Waals surface area contributed by atoms with Crippen LogP contribution >= 0.6 is 23.2 Å². The molecule has 0 fully saturated rings. The number of nitrogens with one attached hydrogen (secondary N) is 1. The van der Waals surface area contributed by atoms with E-state index in [1.54, 1.807) is 38.5 Å². The van der Waals surface area contributed by atoms with Gasteiger partial charge in [-0.15, -0.1) is 0 Å². The van der Waals surface area contributed by atoms with Gasteiger partial charge in [-0.2, -0.15) is 0 Å². The van der Waals surface area contributed by atoms with E-state index in [9.17, 15) is 4.79 Å². The summed E-state index contributed by atoms with van der Waals surface area (Å²) in [6.07, 6.45) is 0.853. The minimum atomic E-state index is -0.111. The maximum atomic E-state index is 12.7. The molecule has 0 bridgehead atoms. The van der Waals surface area contributed by atoms with Crippen LogP contribution in [0.5, 0.6) is 11.5 Å². The fourth-order valence-corrected chi connectivity index (χ4v) is 4.01. The summed E-state index contributed by atoms with van der Waals surface area (Å²) in [5.74, 6) is 1.90. The number of imidazole rings is 1. The lowest BCUT2D eigenvalue weighted by molar-refractivity contribution is -0.116. The second-order valence-electron chi connectivity index (χ2n) is 7.46. The van der Waals surface area contributed by atoms with Gasteiger partial charge < -0.3 is 19.4 Å². The van der Waals surface area contributed by atoms with Gasteiger partial charge in [-0.1, -0.05) is 41.4 Å². The molecule has 0 saturated heterocycles. The lowest BCUT2D eigenvalue weighted by Gasteiger charge is -2.12. The average molecular weight is 484 g/mol. The van der Waals surface area contributed by atoms with Crippen LogP contribution in [0.1, 0.15) is 17.8 Å². The molecule has 1 aromatic heterocycles. The van der Waals surface area contributed by atoms with Gasteiger partial charge >= 0.3 is 0 Å². The zero-order valence-electron chi connectivity index (χ0n) is 18.3. The van der Waals surface area contributed by atoms with Gasteiger partial charge in [-0.05, 0) is 42.0 Å². The van der Waals surface area contributed by atoms with Crippen LogP contribution in [0.4, 0.5) is 5.69 Å². The van der Waals surface area contributed by atoms with Crippen LogP contribution in [-0.4, -0.2) is 29.7 Å². The number of para-hydroxylation sites is 2. The van der Waals surface area contributed by atoms with Crippen molar-refractivity contribution < 1.29 is 14.3 Å². The van der Waals surface area contributed by atoms with Gasteiger partial charge in [0.1, 0.15) is 5.82 Å². The highest BCUT2D eigenvalue weighted by Gasteiger charge is 2.14. The SMILES string of the molecule is COc1ccc(NC(=O)CCn2c(Cc3ccc(Cl)c(Cl)c3)nc3ccccc32)cc1OC. The summed E-state index contributed by atoms with van der Waals surface area (Å²) in [7, 11) is 3.13. The van der Waals surface area contributed by atoms with Crippen molar-refractivity contribution in [1.82, 2.24) is 9.55 Å². The van der Waals surface area contributed by atoms with Gasteiger partial charge in [0, 0.05) is 31.1 Å². The summed E-state index contributed by atoms with van der Waals surface area (Å²) < 4.78 is 12.6. The third-order valence-corrected chi connectivity index (χ3v) is 6.05. The number of carbonyl (C=O) groups excluding carboxylic acids is 1. The molecule has 3 aromatic carbocycles. The maximum absolute atomic E-state index is 12.7. The first-order valence-electron chi connectivity index (χ1n) is 10.4. The molecule has 0 unspecified atom stereocenters. The van der Waals surface area contributed by atoms with Gasteiger partial charge in [-0.25, -0.2) is 4.98 Å². The number of aryl methyl sites for hydroxylation is 1. The standard InChI is InChI=1S/C25H23Cl2N3O3/c1-32-22-10-8-17(15-23(22)33-2)28-25(31)11-12-30-21-6-4-3-5-20(21)29-24(30)14-16-7-9-18(26)19(27)13-16/h3-10,13,15H,11-12,14H2,1-2H3,(H,28,31). The number of hydrogen-bond donors (Lipinski definition) is 1. The zero-order chi connectivity index (χ0) is 23.4. The number of halogens is 2.